The number of rotatable bonds is 2. The molecule has 2 saturated heterocycles. The molecule has 0 saturated carbocycles. The summed E-state index contributed by atoms with van der Waals surface area (Å²) in [7, 11) is 0. The first kappa shape index (κ1) is 13.4. The fraction of sp³-hybridized carbons (Fsp3) is 0.500. The summed E-state index contributed by atoms with van der Waals surface area (Å²) < 4.78 is 11.5. The lowest BCUT2D eigenvalue weighted by Gasteiger charge is -2.46. The quantitative estimate of drug-likeness (QED) is 0.892. The van der Waals surface area contributed by atoms with Crippen LogP contribution in [0.5, 0.6) is 0 Å². The molecule has 2 fully saturated rings. The second-order valence-corrected chi connectivity index (χ2v) is 6.31. The number of amides is 1. The highest BCUT2D eigenvalue weighted by Crippen LogP contribution is 2.25. The van der Waals surface area contributed by atoms with Crippen LogP contribution >= 0.6 is 15.9 Å². The summed E-state index contributed by atoms with van der Waals surface area (Å²) in [5.74, 6) is 0.0435. The van der Waals surface area contributed by atoms with Gasteiger partial charge in [0.05, 0.1) is 18.7 Å². The van der Waals surface area contributed by atoms with E-state index in [1.807, 2.05) is 11.0 Å². The van der Waals surface area contributed by atoms with Crippen molar-refractivity contribution in [2.24, 2.45) is 0 Å². The van der Waals surface area contributed by atoms with Gasteiger partial charge in [0.15, 0.2) is 10.3 Å². The van der Waals surface area contributed by atoms with Crippen LogP contribution in [0, 0.1) is 0 Å². The molecule has 0 aliphatic carbocycles. The van der Waals surface area contributed by atoms with Gasteiger partial charge < -0.3 is 19.0 Å². The van der Waals surface area contributed by atoms with Crippen LogP contribution in [0.4, 0.5) is 0 Å². The Bertz CT molecular complexity index is 637. The molecule has 4 rings (SSSR count). The first-order valence-electron chi connectivity index (χ1n) is 7.10. The fourth-order valence-electron chi connectivity index (χ4n) is 2.97. The van der Waals surface area contributed by atoms with Crippen LogP contribution < -0.4 is 0 Å². The summed E-state index contributed by atoms with van der Waals surface area (Å²) in [6, 6.07) is 4.08. The second kappa shape index (κ2) is 5.15. The molecule has 112 valence electrons. The van der Waals surface area contributed by atoms with Crippen molar-refractivity contribution in [3.05, 3.63) is 22.5 Å². The van der Waals surface area contributed by atoms with Crippen molar-refractivity contribution in [1.29, 1.82) is 0 Å². The van der Waals surface area contributed by atoms with Crippen molar-refractivity contribution in [2.75, 3.05) is 39.4 Å². The molecule has 1 amide bonds. The number of carbonyl (C=O) groups excluding carboxylic acids is 1. The molecule has 0 unspecified atom stereocenters. The van der Waals surface area contributed by atoms with Gasteiger partial charge >= 0.3 is 0 Å². The highest BCUT2D eigenvalue weighted by atomic mass is 79.9. The normalized spacial score (nSPS) is 20.9. The molecule has 21 heavy (non-hydrogen) atoms. The predicted molar refractivity (Wildman–Crippen MR) is 80.3 cm³/mol. The fourth-order valence-corrected chi connectivity index (χ4v) is 3.37. The van der Waals surface area contributed by atoms with Gasteiger partial charge in [-0.2, -0.15) is 0 Å². The Morgan fingerprint density at radius 3 is 2.76 bits per heavy atom. The Hall–Kier alpha value is -1.31. The number of nitrogens with one attached hydrogen (secondary N) is 1. The van der Waals surface area contributed by atoms with Gasteiger partial charge in [0.1, 0.15) is 5.69 Å². The highest BCUT2D eigenvalue weighted by Gasteiger charge is 2.36. The van der Waals surface area contributed by atoms with E-state index in [4.69, 9.17) is 9.15 Å². The SMILES string of the molecule is O=C(c1cc2oc(Br)cc2[nH]1)N1CC(N2CCOCC2)C1. The molecule has 0 atom stereocenters. The number of furan rings is 1. The molecule has 2 aliphatic heterocycles. The molecule has 0 radical (unpaired) electrons. The Balaban J connectivity index is 1.40. The zero-order chi connectivity index (χ0) is 14.4. The van der Waals surface area contributed by atoms with E-state index in [2.05, 4.69) is 25.8 Å². The standard InChI is InChI=1S/C14H16BrN3O3/c15-13-6-10-12(21-13)5-11(16-10)14(19)18-7-9(8-18)17-1-3-20-4-2-17/h5-6,9,16H,1-4,7-8H2. The van der Waals surface area contributed by atoms with Crippen LogP contribution in [0.2, 0.25) is 0 Å². The molecular formula is C14H16BrN3O3. The number of aromatic nitrogens is 1. The number of carbonyl (C=O) groups is 1. The van der Waals surface area contributed by atoms with Gasteiger partial charge in [-0.1, -0.05) is 0 Å². The zero-order valence-corrected chi connectivity index (χ0v) is 13.1. The summed E-state index contributed by atoms with van der Waals surface area (Å²) in [5, 5.41) is 0. The van der Waals surface area contributed by atoms with E-state index in [1.54, 1.807) is 6.07 Å². The van der Waals surface area contributed by atoms with Gasteiger partial charge in [-0.3, -0.25) is 9.69 Å². The van der Waals surface area contributed by atoms with Crippen LogP contribution in [-0.4, -0.2) is 66.1 Å². The van der Waals surface area contributed by atoms with Crippen LogP contribution in [0.3, 0.4) is 0 Å². The average molecular weight is 354 g/mol. The summed E-state index contributed by atoms with van der Waals surface area (Å²) in [5.41, 5.74) is 2.14. The zero-order valence-electron chi connectivity index (χ0n) is 11.5. The number of halogens is 1. The van der Waals surface area contributed by atoms with Gasteiger partial charge in [-0.25, -0.2) is 0 Å². The maximum Gasteiger partial charge on any atom is 0.270 e. The lowest BCUT2D eigenvalue weighted by Crippen LogP contribution is -2.62. The topological polar surface area (TPSA) is 61.7 Å². The van der Waals surface area contributed by atoms with E-state index < -0.39 is 0 Å². The number of H-pyrrole nitrogens is 1. The third-order valence-electron chi connectivity index (χ3n) is 4.22. The average Bonchev–Trinajstić information content (AvgIpc) is 2.95. The number of hydrogen-bond donors (Lipinski definition) is 1. The van der Waals surface area contributed by atoms with Crippen LogP contribution in [-0.2, 0) is 4.74 Å². The van der Waals surface area contributed by atoms with Gasteiger partial charge in [0.25, 0.3) is 5.91 Å². The number of nitrogens with zero attached hydrogens (tertiary/aromatic N) is 2. The van der Waals surface area contributed by atoms with Crippen molar-refractivity contribution in [2.45, 2.75) is 6.04 Å². The van der Waals surface area contributed by atoms with E-state index >= 15 is 0 Å². The number of morpholine rings is 1. The monoisotopic (exact) mass is 353 g/mol. The van der Waals surface area contributed by atoms with Gasteiger partial charge in [-0.15, -0.1) is 0 Å². The maximum atomic E-state index is 12.4. The summed E-state index contributed by atoms with van der Waals surface area (Å²) in [6.45, 7) is 5.12. The molecule has 0 spiro atoms. The van der Waals surface area contributed by atoms with Crippen molar-refractivity contribution in [3.8, 4) is 0 Å². The Morgan fingerprint density at radius 2 is 2.05 bits per heavy atom. The lowest BCUT2D eigenvalue weighted by molar-refractivity contribution is -0.0257. The molecule has 2 aromatic heterocycles. The van der Waals surface area contributed by atoms with Crippen molar-refractivity contribution in [3.63, 3.8) is 0 Å². The van der Waals surface area contributed by atoms with E-state index in [0.29, 0.717) is 22.0 Å². The number of ether oxygens (including phenoxy) is 1. The highest BCUT2D eigenvalue weighted by molar-refractivity contribution is 9.10. The minimum absolute atomic E-state index is 0.0435. The summed E-state index contributed by atoms with van der Waals surface area (Å²) in [4.78, 5) is 19.8. The first-order chi connectivity index (χ1) is 10.2. The molecule has 4 heterocycles. The van der Waals surface area contributed by atoms with Crippen LogP contribution in [0.15, 0.2) is 21.2 Å². The number of hydrogen-bond acceptors (Lipinski definition) is 4. The molecule has 0 bridgehead atoms. The van der Waals surface area contributed by atoms with Gasteiger partial charge in [-0.05, 0) is 15.9 Å². The number of aromatic amines is 1. The molecule has 2 aromatic rings. The van der Waals surface area contributed by atoms with Crippen LogP contribution in [0.25, 0.3) is 11.1 Å². The summed E-state index contributed by atoms with van der Waals surface area (Å²) in [6.07, 6.45) is 0. The largest absolute Gasteiger partial charge is 0.448 e. The molecular weight excluding hydrogens is 338 g/mol. The molecule has 7 heteroatoms. The van der Waals surface area contributed by atoms with E-state index in [1.165, 1.54) is 0 Å². The summed E-state index contributed by atoms with van der Waals surface area (Å²) >= 11 is 3.27. The van der Waals surface area contributed by atoms with Crippen molar-refractivity contribution >= 4 is 32.9 Å². The third-order valence-corrected chi connectivity index (χ3v) is 4.61. The van der Waals surface area contributed by atoms with E-state index in [9.17, 15) is 4.79 Å². The lowest BCUT2D eigenvalue weighted by atomic mass is 10.1. The molecule has 1 N–H and O–H groups in total. The Kier molecular flexibility index (Phi) is 3.28. The van der Waals surface area contributed by atoms with Crippen molar-refractivity contribution in [1.82, 2.24) is 14.8 Å². The second-order valence-electron chi connectivity index (χ2n) is 5.52. The molecule has 2 aliphatic rings. The van der Waals surface area contributed by atoms with Gasteiger partial charge in [0.2, 0.25) is 0 Å². The number of likely N-dealkylation sites (tertiary alicyclic amines) is 1. The smallest absolute Gasteiger partial charge is 0.270 e. The first-order valence-corrected chi connectivity index (χ1v) is 7.89. The van der Waals surface area contributed by atoms with Crippen molar-refractivity contribution < 1.29 is 13.9 Å². The molecule has 6 nitrogen and oxygen atoms in total. The third kappa shape index (κ3) is 2.39. The predicted octanol–water partition coefficient (Wildman–Crippen LogP) is 1.68. The van der Waals surface area contributed by atoms with Gasteiger partial charge in [0, 0.05) is 44.4 Å². The number of fused-ring (bicyclic) bond motifs is 1. The maximum absolute atomic E-state index is 12.4. The van der Waals surface area contributed by atoms with Crippen LogP contribution in [0.1, 0.15) is 10.5 Å². The molecule has 0 aromatic carbocycles. The Labute approximate surface area is 130 Å². The minimum atomic E-state index is 0.0435. The Morgan fingerprint density at radius 1 is 1.29 bits per heavy atom. The minimum Gasteiger partial charge on any atom is -0.448 e. The van der Waals surface area contributed by atoms with E-state index in [0.717, 1.165) is 44.9 Å². The van der Waals surface area contributed by atoms with E-state index in [-0.39, 0.29) is 5.91 Å².